The molecule has 0 radical (unpaired) electrons. The topological polar surface area (TPSA) is 0 Å². The van der Waals surface area contributed by atoms with Gasteiger partial charge >= 0.3 is 42.7 Å². The molecule has 1 rings (SSSR count). The van der Waals surface area contributed by atoms with E-state index in [0.29, 0.717) is 0 Å². The summed E-state index contributed by atoms with van der Waals surface area (Å²) in [6.07, 6.45) is 4.12. The molecule has 0 unspecified atom stereocenters. The van der Waals surface area contributed by atoms with Crippen LogP contribution in [0.5, 0.6) is 0 Å². The zero-order chi connectivity index (χ0) is 3.54. The van der Waals surface area contributed by atoms with Gasteiger partial charge in [0.25, 0.3) is 0 Å². The predicted molar refractivity (Wildman–Crippen MR) is 24.1 cm³/mol. The molecule has 5 heavy (non-hydrogen) atoms. The van der Waals surface area contributed by atoms with Crippen molar-refractivity contribution in [3.8, 4) is 0 Å². The second-order valence-corrected chi connectivity index (χ2v) is 4.68. The van der Waals surface area contributed by atoms with Gasteiger partial charge in [-0.15, -0.1) is 0 Å². The van der Waals surface area contributed by atoms with Crippen LogP contribution in [0.4, 0.5) is 0 Å². The van der Waals surface area contributed by atoms with Gasteiger partial charge in [0.15, 0.2) is 0 Å². The molecule has 0 saturated heterocycles. The van der Waals surface area contributed by atoms with Crippen LogP contribution in [0.3, 0.4) is 0 Å². The van der Waals surface area contributed by atoms with E-state index in [9.17, 15) is 0 Å². The Morgan fingerprint density at radius 2 is 2.60 bits per heavy atom. The molecular weight excluding hydrogens is 163 g/mol. The van der Waals surface area contributed by atoms with Crippen molar-refractivity contribution >= 4 is 22.9 Å². The fourth-order valence-corrected chi connectivity index (χ4v) is 2.28. The van der Waals surface area contributed by atoms with Crippen molar-refractivity contribution in [2.24, 2.45) is 0 Å². The molecule has 0 nitrogen and oxygen atoms in total. The van der Waals surface area contributed by atoms with Crippen LogP contribution >= 0.6 is 0 Å². The second-order valence-electron chi connectivity index (χ2n) is 1.00. The zero-order valence-electron chi connectivity index (χ0n) is 2.94. The molecule has 0 bridgehead atoms. The van der Waals surface area contributed by atoms with Gasteiger partial charge < -0.3 is 0 Å². The Morgan fingerprint density at radius 3 is 2.80 bits per heavy atom. The van der Waals surface area contributed by atoms with E-state index < -0.39 is 22.9 Å². The molecular formula is C4H4In-. The van der Waals surface area contributed by atoms with Gasteiger partial charge in [0.1, 0.15) is 0 Å². The Labute approximate surface area is 42.9 Å². The van der Waals surface area contributed by atoms with E-state index in [2.05, 4.69) is 13.7 Å². The third kappa shape index (κ3) is 0.839. The molecule has 0 aromatic heterocycles. The molecule has 1 aliphatic heterocycles. The molecule has 0 fully saturated rings. The molecule has 0 aliphatic carbocycles. The fourth-order valence-electron chi connectivity index (χ4n) is 0.340. The summed E-state index contributed by atoms with van der Waals surface area (Å²) in [6.45, 7) is 0. The van der Waals surface area contributed by atoms with Crippen LogP contribution in [-0.2, 0) is 0 Å². The van der Waals surface area contributed by atoms with Crippen molar-refractivity contribution in [1.82, 2.24) is 0 Å². The van der Waals surface area contributed by atoms with Crippen LogP contribution in [0.2, 0.25) is 0 Å². The average molecular weight is 167 g/mol. The van der Waals surface area contributed by atoms with E-state index in [1.54, 1.807) is 0 Å². The first-order valence-electron chi connectivity index (χ1n) is 1.72. The molecule has 0 aromatic rings. The molecule has 0 spiro atoms. The Kier molecular flexibility index (Phi) is 1.21. The van der Waals surface area contributed by atoms with Crippen LogP contribution in [0.15, 0.2) is 16.0 Å². The van der Waals surface area contributed by atoms with Crippen molar-refractivity contribution in [1.29, 1.82) is 0 Å². The van der Waals surface area contributed by atoms with Crippen molar-refractivity contribution in [2.75, 3.05) is 0 Å². The molecule has 24 valence electrons. The Balaban J connectivity index is 2.61. The second kappa shape index (κ2) is 1.71. The standard InChI is InChI=1S/C4H3.In.H/c1-3-4-2;;/h1,3-4H;;/q-1;;. The minimum atomic E-state index is -0.433. The molecule has 1 aliphatic rings. The van der Waals surface area contributed by atoms with Crippen LogP contribution in [0.1, 0.15) is 0 Å². The summed E-state index contributed by atoms with van der Waals surface area (Å²) in [6, 6.07) is 0. The van der Waals surface area contributed by atoms with Crippen molar-refractivity contribution in [2.45, 2.75) is 0 Å². The van der Waals surface area contributed by atoms with Gasteiger partial charge in [-0.3, -0.25) is 0 Å². The normalized spacial score (nSPS) is 16.0. The van der Waals surface area contributed by atoms with Crippen molar-refractivity contribution in [3.05, 3.63) is 19.8 Å². The first-order chi connectivity index (χ1) is 2.50. The first-order valence-corrected chi connectivity index (χ1v) is 6.07. The summed E-state index contributed by atoms with van der Waals surface area (Å²) >= 11 is -0.433. The van der Waals surface area contributed by atoms with E-state index >= 15 is 0 Å². The van der Waals surface area contributed by atoms with Crippen molar-refractivity contribution in [3.63, 3.8) is 0 Å². The van der Waals surface area contributed by atoms with Gasteiger partial charge in [-0.25, -0.2) is 0 Å². The van der Waals surface area contributed by atoms with Crippen molar-refractivity contribution < 1.29 is 0 Å². The predicted octanol–water partition coefficient (Wildman–Crippen LogP) is 0.267. The van der Waals surface area contributed by atoms with Gasteiger partial charge in [-0.1, -0.05) is 0 Å². The first kappa shape index (κ1) is 3.54. The van der Waals surface area contributed by atoms with Crippen LogP contribution in [-0.4, -0.2) is 22.9 Å². The average Bonchev–Trinajstić information content (AvgIpc) is 1.76. The van der Waals surface area contributed by atoms with E-state index in [1.807, 2.05) is 6.08 Å². The monoisotopic (exact) mass is 167 g/mol. The third-order valence-electron chi connectivity index (χ3n) is 0.586. The summed E-state index contributed by atoms with van der Waals surface area (Å²) in [5.74, 6) is 0. The molecule has 0 aromatic carbocycles. The van der Waals surface area contributed by atoms with E-state index in [4.69, 9.17) is 0 Å². The molecule has 0 saturated carbocycles. The molecule has 0 N–H and O–H groups in total. The van der Waals surface area contributed by atoms with E-state index in [0.717, 1.165) is 0 Å². The van der Waals surface area contributed by atoms with Crippen LogP contribution in [0.25, 0.3) is 0 Å². The SMILES string of the molecule is [C-]1=CC=[CH][InH]1. The number of rotatable bonds is 0. The summed E-state index contributed by atoms with van der Waals surface area (Å²) < 4.78 is 5.48. The van der Waals surface area contributed by atoms with E-state index in [-0.39, 0.29) is 0 Å². The summed E-state index contributed by atoms with van der Waals surface area (Å²) in [4.78, 5) is 0. The zero-order valence-corrected chi connectivity index (χ0v) is 6.98. The Hall–Kier alpha value is 0.350. The Morgan fingerprint density at radius 1 is 1.60 bits per heavy atom. The van der Waals surface area contributed by atoms with Gasteiger partial charge in [-0.05, 0) is 0 Å². The van der Waals surface area contributed by atoms with Gasteiger partial charge in [0.2, 0.25) is 0 Å². The maximum atomic E-state index is 3.20. The number of hydrogen-bond acceptors (Lipinski definition) is 0. The van der Waals surface area contributed by atoms with Gasteiger partial charge in [0, 0.05) is 0 Å². The van der Waals surface area contributed by atoms with Gasteiger partial charge in [0.05, 0.1) is 0 Å². The van der Waals surface area contributed by atoms with Crippen LogP contribution < -0.4 is 0 Å². The molecule has 0 amide bonds. The maximum absolute atomic E-state index is 3.20. The van der Waals surface area contributed by atoms with Gasteiger partial charge in [-0.2, -0.15) is 0 Å². The summed E-state index contributed by atoms with van der Waals surface area (Å²) in [7, 11) is 0. The van der Waals surface area contributed by atoms with E-state index in [1.165, 1.54) is 0 Å². The summed E-state index contributed by atoms with van der Waals surface area (Å²) in [5, 5.41) is 0. The molecule has 1 heterocycles. The molecule has 1 heteroatoms. The molecule has 0 atom stereocenters. The van der Waals surface area contributed by atoms with Crippen LogP contribution in [0, 0.1) is 3.83 Å². The summed E-state index contributed by atoms with van der Waals surface area (Å²) in [5.41, 5.74) is 0. The quantitative estimate of drug-likeness (QED) is 0.454. The number of allylic oxidation sites excluding steroid dienone is 2. The Bertz CT molecular complexity index is 61.7. The fraction of sp³-hybridized carbons (Fsp3) is 0. The number of hydrogen-bond donors (Lipinski definition) is 0. The third-order valence-corrected chi connectivity index (χ3v) is 3.38. The minimum absolute atomic E-state index is 0.433.